The average Bonchev–Trinajstić information content (AvgIpc) is 2.96. The average molecular weight is 425 g/mol. The van der Waals surface area contributed by atoms with Gasteiger partial charge in [-0.1, -0.05) is 0 Å². The third kappa shape index (κ3) is 10.9. The fourth-order valence-corrected chi connectivity index (χ4v) is 2.28. The third-order valence-electron chi connectivity index (χ3n) is 2.82. The molecule has 0 spiro atoms. The summed E-state index contributed by atoms with van der Waals surface area (Å²) in [5, 5.41) is 6.67. The van der Waals surface area contributed by atoms with E-state index in [1.807, 2.05) is 30.5 Å². The molecule has 0 atom stereocenters. The normalized spacial score (nSPS) is 11.0. The first-order chi connectivity index (χ1) is 9.86. The molecule has 0 fully saturated rings. The van der Waals surface area contributed by atoms with Gasteiger partial charge in [0.1, 0.15) is 0 Å². The van der Waals surface area contributed by atoms with E-state index in [4.69, 9.17) is 0 Å². The summed E-state index contributed by atoms with van der Waals surface area (Å²) in [6.07, 6.45) is 11.3. The Morgan fingerprint density at radius 3 is 2.81 bits per heavy atom. The number of guanidine groups is 1. The van der Waals surface area contributed by atoms with Gasteiger partial charge in [0.2, 0.25) is 0 Å². The Labute approximate surface area is 149 Å². The van der Waals surface area contributed by atoms with Crippen LogP contribution in [0, 0.1) is 0 Å². The molecule has 21 heavy (non-hydrogen) atoms. The summed E-state index contributed by atoms with van der Waals surface area (Å²) in [6, 6.07) is 0. The lowest BCUT2D eigenvalue weighted by Crippen LogP contribution is -2.37. The van der Waals surface area contributed by atoms with Crippen molar-refractivity contribution in [2.24, 2.45) is 4.99 Å². The van der Waals surface area contributed by atoms with Crippen LogP contribution in [-0.4, -0.2) is 47.2 Å². The molecule has 0 bridgehead atoms. The Morgan fingerprint density at radius 1 is 1.29 bits per heavy atom. The molecule has 0 aliphatic rings. The van der Waals surface area contributed by atoms with Crippen LogP contribution < -0.4 is 10.6 Å². The van der Waals surface area contributed by atoms with E-state index >= 15 is 0 Å². The summed E-state index contributed by atoms with van der Waals surface area (Å²) in [5.41, 5.74) is 0. The monoisotopic (exact) mass is 425 g/mol. The van der Waals surface area contributed by atoms with Gasteiger partial charge in [0.25, 0.3) is 0 Å². The van der Waals surface area contributed by atoms with Gasteiger partial charge < -0.3 is 15.2 Å². The maximum atomic E-state index is 4.59. The van der Waals surface area contributed by atoms with Crippen LogP contribution in [0.3, 0.4) is 0 Å². The first kappa shape index (κ1) is 20.6. The van der Waals surface area contributed by atoms with Crippen molar-refractivity contribution in [3.8, 4) is 0 Å². The van der Waals surface area contributed by atoms with Crippen LogP contribution in [0.5, 0.6) is 0 Å². The number of halogens is 1. The minimum atomic E-state index is 0. The molecule has 0 radical (unpaired) electrons. The van der Waals surface area contributed by atoms with Gasteiger partial charge in [-0.25, -0.2) is 4.98 Å². The van der Waals surface area contributed by atoms with Gasteiger partial charge in [0, 0.05) is 38.6 Å². The van der Waals surface area contributed by atoms with Crippen LogP contribution in [0.25, 0.3) is 0 Å². The summed E-state index contributed by atoms with van der Waals surface area (Å²) in [5.74, 6) is 2.17. The highest BCUT2D eigenvalue weighted by Gasteiger charge is 1.96. The molecule has 0 saturated carbocycles. The van der Waals surface area contributed by atoms with E-state index < -0.39 is 0 Å². The van der Waals surface area contributed by atoms with Crippen LogP contribution in [-0.2, 0) is 6.54 Å². The maximum absolute atomic E-state index is 4.59. The molecule has 2 N–H and O–H groups in total. The summed E-state index contributed by atoms with van der Waals surface area (Å²) >= 11 is 1.91. The van der Waals surface area contributed by atoms with E-state index in [1.54, 1.807) is 0 Å². The van der Waals surface area contributed by atoms with Crippen molar-refractivity contribution in [3.05, 3.63) is 18.7 Å². The fourth-order valence-electron chi connectivity index (χ4n) is 1.78. The zero-order valence-corrected chi connectivity index (χ0v) is 16.2. The minimum absolute atomic E-state index is 0. The van der Waals surface area contributed by atoms with Gasteiger partial charge in [-0.05, 0) is 38.2 Å². The Bertz CT molecular complexity index is 356. The number of rotatable bonds is 10. The lowest BCUT2D eigenvalue weighted by Gasteiger charge is -2.11. The molecule has 0 unspecified atom stereocenters. The van der Waals surface area contributed by atoms with Crippen LogP contribution in [0.2, 0.25) is 0 Å². The number of aliphatic imine (C=N–C) groups is 1. The predicted octanol–water partition coefficient (Wildman–Crippen LogP) is 2.59. The molecule has 0 aliphatic heterocycles. The molecule has 1 aromatic rings. The minimum Gasteiger partial charge on any atom is -0.357 e. The van der Waals surface area contributed by atoms with Gasteiger partial charge in [-0.15, -0.1) is 24.0 Å². The predicted molar refractivity (Wildman–Crippen MR) is 104 cm³/mol. The number of nitrogens with one attached hydrogen (secondary N) is 2. The smallest absolute Gasteiger partial charge is 0.191 e. The van der Waals surface area contributed by atoms with Crippen LogP contribution in [0.15, 0.2) is 23.7 Å². The Balaban J connectivity index is 0.00000400. The molecule has 0 aliphatic carbocycles. The topological polar surface area (TPSA) is 54.2 Å². The number of hydrogen-bond donors (Lipinski definition) is 2. The van der Waals surface area contributed by atoms with Gasteiger partial charge in [-0.2, -0.15) is 11.8 Å². The highest BCUT2D eigenvalue weighted by Crippen LogP contribution is 1.97. The molecule has 1 heterocycles. The highest BCUT2D eigenvalue weighted by molar-refractivity contribution is 14.0. The van der Waals surface area contributed by atoms with Gasteiger partial charge in [-0.3, -0.25) is 4.99 Å². The van der Waals surface area contributed by atoms with Crippen molar-refractivity contribution >= 4 is 41.7 Å². The first-order valence-corrected chi connectivity index (χ1v) is 8.73. The molecule has 1 rings (SSSR count). The van der Waals surface area contributed by atoms with Crippen molar-refractivity contribution in [1.29, 1.82) is 0 Å². The quantitative estimate of drug-likeness (QED) is 0.262. The summed E-state index contributed by atoms with van der Waals surface area (Å²) in [4.78, 5) is 8.62. The van der Waals surface area contributed by atoms with Crippen molar-refractivity contribution < 1.29 is 0 Å². The van der Waals surface area contributed by atoms with Gasteiger partial charge in [0.15, 0.2) is 5.96 Å². The van der Waals surface area contributed by atoms with E-state index in [9.17, 15) is 0 Å². The van der Waals surface area contributed by atoms with Crippen molar-refractivity contribution in [2.45, 2.75) is 32.7 Å². The molecule has 7 heteroatoms. The van der Waals surface area contributed by atoms with E-state index in [2.05, 4.69) is 38.4 Å². The van der Waals surface area contributed by atoms with Crippen LogP contribution in [0.4, 0.5) is 0 Å². The lowest BCUT2D eigenvalue weighted by atomic mass is 10.3. The number of imidazole rings is 1. The Morgan fingerprint density at radius 2 is 2.14 bits per heavy atom. The summed E-state index contributed by atoms with van der Waals surface area (Å²) in [6.45, 7) is 5.79. The van der Waals surface area contributed by atoms with Crippen molar-refractivity contribution in [3.63, 3.8) is 0 Å². The lowest BCUT2D eigenvalue weighted by molar-refractivity contribution is 0.646. The second-order valence-corrected chi connectivity index (χ2v) is 5.53. The van der Waals surface area contributed by atoms with E-state index in [-0.39, 0.29) is 24.0 Å². The maximum Gasteiger partial charge on any atom is 0.191 e. The summed E-state index contributed by atoms with van der Waals surface area (Å²) in [7, 11) is 0. The van der Waals surface area contributed by atoms with Crippen molar-refractivity contribution in [1.82, 2.24) is 20.2 Å². The van der Waals surface area contributed by atoms with E-state index in [0.29, 0.717) is 0 Å². The first-order valence-electron chi connectivity index (χ1n) is 7.33. The van der Waals surface area contributed by atoms with E-state index in [0.717, 1.165) is 38.6 Å². The number of aryl methyl sites for hydroxylation is 1. The number of unbranched alkanes of at least 4 members (excludes halogenated alkanes) is 1. The fraction of sp³-hybridized carbons (Fsp3) is 0.714. The molecule has 0 aromatic carbocycles. The summed E-state index contributed by atoms with van der Waals surface area (Å²) < 4.78 is 2.08. The van der Waals surface area contributed by atoms with Crippen LogP contribution >= 0.6 is 35.7 Å². The Hall–Kier alpha value is -0.440. The van der Waals surface area contributed by atoms with E-state index in [1.165, 1.54) is 18.6 Å². The SMILES string of the molecule is CCNC(=NCCCn1ccnc1)NCCCCSC.I. The van der Waals surface area contributed by atoms with Crippen LogP contribution in [0.1, 0.15) is 26.2 Å². The second kappa shape index (κ2) is 14.5. The van der Waals surface area contributed by atoms with Gasteiger partial charge in [0.05, 0.1) is 6.33 Å². The zero-order chi connectivity index (χ0) is 14.5. The molecule has 0 saturated heterocycles. The Kier molecular flexibility index (Phi) is 14.2. The number of aromatic nitrogens is 2. The van der Waals surface area contributed by atoms with Crippen molar-refractivity contribution in [2.75, 3.05) is 31.6 Å². The molecule has 0 amide bonds. The second-order valence-electron chi connectivity index (χ2n) is 4.54. The number of hydrogen-bond acceptors (Lipinski definition) is 3. The molecule has 1 aromatic heterocycles. The third-order valence-corrected chi connectivity index (χ3v) is 3.51. The standard InChI is InChI=1S/C14H27N5S.HI/c1-3-16-14(17-7-4-5-12-20-2)18-8-6-10-19-11-9-15-13-19;/h9,11,13H,3-8,10,12H2,1-2H3,(H2,16,17,18);1H. The molecular weight excluding hydrogens is 397 g/mol. The van der Waals surface area contributed by atoms with Gasteiger partial charge >= 0.3 is 0 Å². The number of nitrogens with zero attached hydrogens (tertiary/aromatic N) is 3. The molecule has 5 nitrogen and oxygen atoms in total. The highest BCUT2D eigenvalue weighted by atomic mass is 127. The molecular formula is C14H28IN5S. The molecule has 122 valence electrons. The largest absolute Gasteiger partial charge is 0.357 e. The number of thioether (sulfide) groups is 1. The zero-order valence-electron chi connectivity index (χ0n) is 13.0.